The maximum Gasteiger partial charge on any atom is 0.203 e. The Kier molecular flexibility index (Phi) is 5.69. The Morgan fingerprint density at radius 3 is 2.00 bits per heavy atom. The minimum atomic E-state index is 0.557. The van der Waals surface area contributed by atoms with E-state index < -0.39 is 0 Å². The molecule has 0 bridgehead atoms. The second-order valence-electron chi connectivity index (χ2n) is 8.07. The van der Waals surface area contributed by atoms with Crippen LogP contribution in [0.1, 0.15) is 5.56 Å². The third-order valence-corrected chi connectivity index (χ3v) is 6.12. The molecule has 5 heteroatoms. The Bertz CT molecular complexity index is 1200. The summed E-state index contributed by atoms with van der Waals surface area (Å²) in [6.45, 7) is 6.01. The van der Waals surface area contributed by atoms with Gasteiger partial charge in [0.2, 0.25) is 5.62 Å². The minimum absolute atomic E-state index is 0.557. The maximum absolute atomic E-state index is 8.90. The van der Waals surface area contributed by atoms with E-state index in [0.29, 0.717) is 12.2 Å². The second kappa shape index (κ2) is 8.92. The van der Waals surface area contributed by atoms with Crippen LogP contribution in [0, 0.1) is 5.41 Å². The Hall–Kier alpha value is -3.15. The Morgan fingerprint density at radius 2 is 1.29 bits per heavy atom. The monoisotopic (exact) mass is 412 g/mol. The Morgan fingerprint density at radius 1 is 0.677 bits per heavy atom. The van der Waals surface area contributed by atoms with Crippen molar-refractivity contribution < 1.29 is 4.74 Å². The summed E-state index contributed by atoms with van der Waals surface area (Å²) in [5, 5.41) is 8.90. The van der Waals surface area contributed by atoms with Crippen molar-refractivity contribution in [3.8, 4) is 11.1 Å². The van der Waals surface area contributed by atoms with Crippen molar-refractivity contribution in [2.75, 3.05) is 32.8 Å². The van der Waals surface area contributed by atoms with Gasteiger partial charge in [-0.05, 0) is 28.8 Å². The summed E-state index contributed by atoms with van der Waals surface area (Å²) in [6.07, 6.45) is 0. The molecule has 5 nitrogen and oxygen atoms in total. The molecule has 158 valence electrons. The summed E-state index contributed by atoms with van der Waals surface area (Å²) in [5.74, 6) is 0. The first-order valence-electron chi connectivity index (χ1n) is 11.0. The van der Waals surface area contributed by atoms with Gasteiger partial charge in [-0.25, -0.2) is 0 Å². The number of morpholine rings is 1. The Balaban J connectivity index is 1.41. The summed E-state index contributed by atoms with van der Waals surface area (Å²) in [5.41, 5.74) is 6.44. The van der Waals surface area contributed by atoms with Crippen molar-refractivity contribution in [3.63, 3.8) is 0 Å². The van der Waals surface area contributed by atoms with Gasteiger partial charge in [0, 0.05) is 26.2 Å². The van der Waals surface area contributed by atoms with Crippen LogP contribution in [0.4, 0.5) is 0 Å². The maximum atomic E-state index is 8.90. The lowest BCUT2D eigenvalue weighted by atomic mass is 10.0. The van der Waals surface area contributed by atoms with Gasteiger partial charge in [0.25, 0.3) is 0 Å². The van der Waals surface area contributed by atoms with Gasteiger partial charge in [-0.2, -0.15) is 0 Å². The smallest absolute Gasteiger partial charge is 0.203 e. The number of hydrogen-bond acceptors (Lipinski definition) is 3. The van der Waals surface area contributed by atoms with Crippen LogP contribution < -0.4 is 5.62 Å². The SMILES string of the molecule is N=c1n(CCN2CCOCC2)c2ccccc2n1Cc1ccc(-c2ccccc2)cc1. The first-order valence-corrected chi connectivity index (χ1v) is 11.0. The zero-order chi connectivity index (χ0) is 21.0. The lowest BCUT2D eigenvalue weighted by Crippen LogP contribution is -2.39. The van der Waals surface area contributed by atoms with E-state index >= 15 is 0 Å². The zero-order valence-corrected chi connectivity index (χ0v) is 17.7. The van der Waals surface area contributed by atoms with E-state index in [0.717, 1.165) is 50.4 Å². The van der Waals surface area contributed by atoms with Gasteiger partial charge in [-0.3, -0.25) is 10.3 Å². The number of fused-ring (bicyclic) bond motifs is 1. The minimum Gasteiger partial charge on any atom is -0.379 e. The van der Waals surface area contributed by atoms with Crippen LogP contribution >= 0.6 is 0 Å². The largest absolute Gasteiger partial charge is 0.379 e. The van der Waals surface area contributed by atoms with Gasteiger partial charge < -0.3 is 13.9 Å². The third-order valence-electron chi connectivity index (χ3n) is 6.12. The number of ether oxygens (including phenoxy) is 1. The van der Waals surface area contributed by atoms with Gasteiger partial charge in [-0.1, -0.05) is 66.7 Å². The van der Waals surface area contributed by atoms with Crippen LogP contribution in [-0.2, 0) is 17.8 Å². The number of nitrogens with zero attached hydrogens (tertiary/aromatic N) is 3. The molecule has 31 heavy (non-hydrogen) atoms. The normalized spacial score (nSPS) is 14.8. The molecular weight excluding hydrogens is 384 g/mol. The topological polar surface area (TPSA) is 46.2 Å². The molecule has 2 heterocycles. The van der Waals surface area contributed by atoms with Crippen LogP contribution in [-0.4, -0.2) is 46.9 Å². The average Bonchev–Trinajstić information content (AvgIpc) is 3.10. The summed E-state index contributed by atoms with van der Waals surface area (Å²) in [6, 6.07) is 27.5. The first kappa shape index (κ1) is 19.8. The highest BCUT2D eigenvalue weighted by Gasteiger charge is 2.14. The van der Waals surface area contributed by atoms with Crippen molar-refractivity contribution in [2.45, 2.75) is 13.1 Å². The lowest BCUT2D eigenvalue weighted by molar-refractivity contribution is 0.0363. The van der Waals surface area contributed by atoms with Crippen LogP contribution in [0.25, 0.3) is 22.2 Å². The molecular formula is C26H28N4O. The highest BCUT2D eigenvalue weighted by atomic mass is 16.5. The molecule has 4 aromatic rings. The average molecular weight is 413 g/mol. The fourth-order valence-electron chi connectivity index (χ4n) is 4.36. The molecule has 0 unspecified atom stereocenters. The van der Waals surface area contributed by atoms with Crippen LogP contribution in [0.2, 0.25) is 0 Å². The molecule has 1 fully saturated rings. The molecule has 0 saturated carbocycles. The molecule has 1 aliphatic heterocycles. The molecule has 0 aliphatic carbocycles. The molecule has 5 rings (SSSR count). The molecule has 1 N–H and O–H groups in total. The van der Waals surface area contributed by atoms with Gasteiger partial charge in [-0.15, -0.1) is 0 Å². The molecule has 1 aromatic heterocycles. The molecule has 0 spiro atoms. The summed E-state index contributed by atoms with van der Waals surface area (Å²) in [7, 11) is 0. The van der Waals surface area contributed by atoms with Crippen molar-refractivity contribution in [2.24, 2.45) is 0 Å². The quantitative estimate of drug-likeness (QED) is 0.521. The Labute approximate surface area is 182 Å². The highest BCUT2D eigenvalue weighted by molar-refractivity contribution is 5.76. The van der Waals surface area contributed by atoms with Gasteiger partial charge in [0.15, 0.2) is 0 Å². The fraction of sp³-hybridized carbons (Fsp3) is 0.269. The van der Waals surface area contributed by atoms with E-state index in [2.05, 4.69) is 86.8 Å². The highest BCUT2D eigenvalue weighted by Crippen LogP contribution is 2.20. The van der Waals surface area contributed by atoms with Gasteiger partial charge in [0.05, 0.1) is 30.8 Å². The number of benzene rings is 3. The standard InChI is InChI=1S/C26H28N4O/c27-26-29(15-14-28-16-18-31-19-17-28)24-8-4-5-9-25(24)30(26)20-21-10-12-23(13-11-21)22-6-2-1-3-7-22/h1-13,27H,14-20H2. The van der Waals surface area contributed by atoms with E-state index in [1.807, 2.05) is 6.07 Å². The number of nitrogens with one attached hydrogen (secondary N) is 1. The lowest BCUT2D eigenvalue weighted by Gasteiger charge is -2.26. The summed E-state index contributed by atoms with van der Waals surface area (Å²) in [4.78, 5) is 2.42. The number of para-hydroxylation sites is 2. The fourth-order valence-corrected chi connectivity index (χ4v) is 4.36. The van der Waals surface area contributed by atoms with Crippen molar-refractivity contribution >= 4 is 11.0 Å². The number of imidazole rings is 1. The van der Waals surface area contributed by atoms with E-state index in [9.17, 15) is 0 Å². The number of aromatic nitrogens is 2. The zero-order valence-electron chi connectivity index (χ0n) is 17.7. The molecule has 0 atom stereocenters. The molecule has 0 radical (unpaired) electrons. The predicted octanol–water partition coefficient (Wildman–Crippen LogP) is 3.97. The van der Waals surface area contributed by atoms with Crippen molar-refractivity contribution in [1.82, 2.24) is 14.0 Å². The van der Waals surface area contributed by atoms with Crippen LogP contribution in [0.3, 0.4) is 0 Å². The van der Waals surface area contributed by atoms with Crippen LogP contribution in [0.5, 0.6) is 0 Å². The van der Waals surface area contributed by atoms with E-state index in [4.69, 9.17) is 10.1 Å². The molecule has 3 aromatic carbocycles. The molecule has 1 saturated heterocycles. The van der Waals surface area contributed by atoms with Crippen LogP contribution in [0.15, 0.2) is 78.9 Å². The number of hydrogen-bond donors (Lipinski definition) is 1. The van der Waals surface area contributed by atoms with Crippen molar-refractivity contribution in [1.29, 1.82) is 5.41 Å². The van der Waals surface area contributed by atoms with E-state index in [1.54, 1.807) is 0 Å². The predicted molar refractivity (Wildman–Crippen MR) is 124 cm³/mol. The second-order valence-corrected chi connectivity index (χ2v) is 8.07. The third kappa shape index (κ3) is 4.20. The van der Waals surface area contributed by atoms with E-state index in [1.165, 1.54) is 16.7 Å². The number of rotatable bonds is 6. The molecule has 0 amide bonds. The van der Waals surface area contributed by atoms with Gasteiger partial charge in [0.1, 0.15) is 0 Å². The molecule has 1 aliphatic rings. The van der Waals surface area contributed by atoms with Crippen molar-refractivity contribution in [3.05, 3.63) is 90.0 Å². The summed E-state index contributed by atoms with van der Waals surface area (Å²) < 4.78 is 9.72. The van der Waals surface area contributed by atoms with E-state index in [-0.39, 0.29) is 0 Å². The van der Waals surface area contributed by atoms with Gasteiger partial charge >= 0.3 is 0 Å². The first-order chi connectivity index (χ1) is 15.3. The summed E-state index contributed by atoms with van der Waals surface area (Å²) >= 11 is 0.